The Hall–Kier alpha value is -0.640. The molecule has 1 aromatic heterocycles. The molecule has 1 aliphatic heterocycles. The second-order valence-corrected chi connectivity index (χ2v) is 4.74. The van der Waals surface area contributed by atoms with E-state index in [1.165, 1.54) is 24.9 Å². The molecule has 1 aliphatic rings. The fraction of sp³-hybridized carbons (Fsp3) is 0.583. The summed E-state index contributed by atoms with van der Waals surface area (Å²) in [5, 5.41) is 3.93. The zero-order valence-electron chi connectivity index (χ0n) is 9.62. The van der Waals surface area contributed by atoms with Crippen LogP contribution in [0.3, 0.4) is 0 Å². The summed E-state index contributed by atoms with van der Waals surface area (Å²) in [5.41, 5.74) is 1.25. The number of likely N-dealkylation sites (N-methyl/N-ethyl adjacent to an activating group) is 1. The number of pyridine rings is 1. The monoisotopic (exact) mass is 239 g/mol. The summed E-state index contributed by atoms with van der Waals surface area (Å²) >= 11 is 5.88. The number of nitrogens with one attached hydrogen (secondary N) is 1. The van der Waals surface area contributed by atoms with Crippen molar-refractivity contribution in [1.29, 1.82) is 0 Å². The summed E-state index contributed by atoms with van der Waals surface area (Å²) in [5.74, 6) is 0. The molecule has 4 heteroatoms. The van der Waals surface area contributed by atoms with E-state index >= 15 is 0 Å². The Morgan fingerprint density at radius 1 is 1.62 bits per heavy atom. The molecule has 1 atom stereocenters. The molecule has 16 heavy (non-hydrogen) atoms. The molecular weight excluding hydrogens is 222 g/mol. The third kappa shape index (κ3) is 3.17. The molecule has 1 aromatic rings. The van der Waals surface area contributed by atoms with Gasteiger partial charge >= 0.3 is 0 Å². The van der Waals surface area contributed by atoms with Gasteiger partial charge in [-0.05, 0) is 44.1 Å². The van der Waals surface area contributed by atoms with E-state index in [4.69, 9.17) is 11.6 Å². The van der Waals surface area contributed by atoms with Gasteiger partial charge in [-0.25, -0.2) is 4.98 Å². The number of hydrogen-bond acceptors (Lipinski definition) is 3. The van der Waals surface area contributed by atoms with Crippen LogP contribution >= 0.6 is 11.6 Å². The van der Waals surface area contributed by atoms with E-state index < -0.39 is 0 Å². The smallest absolute Gasteiger partial charge is 0.129 e. The van der Waals surface area contributed by atoms with E-state index in [2.05, 4.69) is 15.2 Å². The van der Waals surface area contributed by atoms with E-state index in [0.29, 0.717) is 11.2 Å². The Morgan fingerprint density at radius 2 is 2.50 bits per heavy atom. The maximum absolute atomic E-state index is 5.88. The summed E-state index contributed by atoms with van der Waals surface area (Å²) < 4.78 is 0. The highest BCUT2D eigenvalue weighted by atomic mass is 35.5. The molecule has 0 saturated carbocycles. The van der Waals surface area contributed by atoms with Crippen molar-refractivity contribution >= 4 is 11.6 Å². The molecule has 0 aliphatic carbocycles. The van der Waals surface area contributed by atoms with Gasteiger partial charge in [-0.15, -0.1) is 0 Å². The van der Waals surface area contributed by atoms with Crippen molar-refractivity contribution in [3.63, 3.8) is 0 Å². The van der Waals surface area contributed by atoms with Crippen LogP contribution in [0.15, 0.2) is 18.3 Å². The number of rotatable bonds is 3. The van der Waals surface area contributed by atoms with Crippen LogP contribution in [0.5, 0.6) is 0 Å². The molecule has 1 N–H and O–H groups in total. The van der Waals surface area contributed by atoms with Crippen molar-refractivity contribution in [2.24, 2.45) is 0 Å². The van der Waals surface area contributed by atoms with Gasteiger partial charge in [-0.3, -0.25) is 4.90 Å². The van der Waals surface area contributed by atoms with Crippen LogP contribution in [0.1, 0.15) is 18.4 Å². The van der Waals surface area contributed by atoms with E-state index in [9.17, 15) is 0 Å². The van der Waals surface area contributed by atoms with Gasteiger partial charge in [0.05, 0.1) is 0 Å². The molecule has 2 rings (SSSR count). The number of likely N-dealkylation sites (tertiary alicyclic amines) is 1. The maximum atomic E-state index is 5.88. The zero-order chi connectivity index (χ0) is 11.4. The molecule has 0 amide bonds. The second kappa shape index (κ2) is 5.62. The van der Waals surface area contributed by atoms with Gasteiger partial charge in [0.1, 0.15) is 5.15 Å². The van der Waals surface area contributed by atoms with Crippen LogP contribution in [-0.2, 0) is 6.54 Å². The normalized spacial score (nSPS) is 22.2. The first kappa shape index (κ1) is 11.8. The van der Waals surface area contributed by atoms with Crippen molar-refractivity contribution in [3.05, 3.63) is 29.0 Å². The predicted octanol–water partition coefficient (Wildman–Crippen LogP) is 1.92. The molecular formula is C12H18ClN3. The topological polar surface area (TPSA) is 28.2 Å². The lowest BCUT2D eigenvalue weighted by Gasteiger charge is -2.32. The Morgan fingerprint density at radius 3 is 3.25 bits per heavy atom. The predicted molar refractivity (Wildman–Crippen MR) is 66.6 cm³/mol. The first-order chi connectivity index (χ1) is 7.78. The van der Waals surface area contributed by atoms with Crippen LogP contribution in [0, 0.1) is 0 Å². The average Bonchev–Trinajstić information content (AvgIpc) is 2.29. The van der Waals surface area contributed by atoms with Crippen molar-refractivity contribution in [1.82, 2.24) is 15.2 Å². The number of hydrogen-bond donors (Lipinski definition) is 1. The van der Waals surface area contributed by atoms with Crippen LogP contribution in [0.2, 0.25) is 5.15 Å². The number of nitrogens with zero attached hydrogens (tertiary/aromatic N) is 2. The minimum atomic E-state index is 0.583. The van der Waals surface area contributed by atoms with Gasteiger partial charge < -0.3 is 5.32 Å². The van der Waals surface area contributed by atoms with Gasteiger partial charge in [-0.1, -0.05) is 11.6 Å². The SMILES string of the molecule is CNC1CCCN(Cc2ccnc(Cl)c2)C1. The van der Waals surface area contributed by atoms with Crippen molar-refractivity contribution in [3.8, 4) is 0 Å². The third-order valence-corrected chi connectivity index (χ3v) is 3.32. The third-order valence-electron chi connectivity index (χ3n) is 3.11. The highest BCUT2D eigenvalue weighted by Gasteiger charge is 2.18. The van der Waals surface area contributed by atoms with Gasteiger partial charge in [0.25, 0.3) is 0 Å². The second-order valence-electron chi connectivity index (χ2n) is 4.35. The highest BCUT2D eigenvalue weighted by Crippen LogP contribution is 2.14. The minimum Gasteiger partial charge on any atom is -0.316 e. The quantitative estimate of drug-likeness (QED) is 0.817. The van der Waals surface area contributed by atoms with Crippen LogP contribution in [-0.4, -0.2) is 36.1 Å². The Kier molecular flexibility index (Phi) is 4.16. The lowest BCUT2D eigenvalue weighted by Crippen LogP contribution is -2.43. The minimum absolute atomic E-state index is 0.583. The number of piperidine rings is 1. The summed E-state index contributed by atoms with van der Waals surface area (Å²) in [6, 6.07) is 4.62. The molecule has 88 valence electrons. The van der Waals surface area contributed by atoms with Crippen LogP contribution in [0.25, 0.3) is 0 Å². The number of halogens is 1. The molecule has 0 spiro atoms. The molecule has 2 heterocycles. The molecule has 1 saturated heterocycles. The van der Waals surface area contributed by atoms with E-state index in [-0.39, 0.29) is 0 Å². The fourth-order valence-corrected chi connectivity index (χ4v) is 2.43. The van der Waals surface area contributed by atoms with Gasteiger partial charge in [0, 0.05) is 25.3 Å². The highest BCUT2D eigenvalue weighted by molar-refractivity contribution is 6.29. The standard InChI is InChI=1S/C12H18ClN3/c1-14-11-3-2-6-16(9-11)8-10-4-5-15-12(13)7-10/h4-5,7,11,14H,2-3,6,8-9H2,1H3. The van der Waals surface area contributed by atoms with E-state index in [0.717, 1.165) is 13.1 Å². The maximum Gasteiger partial charge on any atom is 0.129 e. The van der Waals surface area contributed by atoms with Gasteiger partial charge in [-0.2, -0.15) is 0 Å². The lowest BCUT2D eigenvalue weighted by atomic mass is 10.1. The van der Waals surface area contributed by atoms with Crippen LogP contribution < -0.4 is 5.32 Å². The first-order valence-corrected chi connectivity index (χ1v) is 6.16. The van der Waals surface area contributed by atoms with Crippen molar-refractivity contribution in [2.45, 2.75) is 25.4 Å². The molecule has 1 unspecified atom stereocenters. The van der Waals surface area contributed by atoms with Gasteiger partial charge in [0.2, 0.25) is 0 Å². The summed E-state index contributed by atoms with van der Waals surface area (Å²) in [6.07, 6.45) is 4.32. The summed E-state index contributed by atoms with van der Waals surface area (Å²) in [6.45, 7) is 3.27. The lowest BCUT2D eigenvalue weighted by molar-refractivity contribution is 0.188. The fourth-order valence-electron chi connectivity index (χ4n) is 2.23. The van der Waals surface area contributed by atoms with Gasteiger partial charge in [0.15, 0.2) is 0 Å². The van der Waals surface area contributed by atoms with Crippen molar-refractivity contribution < 1.29 is 0 Å². The zero-order valence-corrected chi connectivity index (χ0v) is 10.4. The average molecular weight is 240 g/mol. The van der Waals surface area contributed by atoms with E-state index in [1.807, 2.05) is 19.2 Å². The first-order valence-electron chi connectivity index (χ1n) is 5.78. The Balaban J connectivity index is 1.94. The van der Waals surface area contributed by atoms with E-state index in [1.54, 1.807) is 6.20 Å². The van der Waals surface area contributed by atoms with Crippen molar-refractivity contribution in [2.75, 3.05) is 20.1 Å². The largest absolute Gasteiger partial charge is 0.316 e. The molecule has 3 nitrogen and oxygen atoms in total. The molecule has 1 fully saturated rings. The van der Waals surface area contributed by atoms with Crippen LogP contribution in [0.4, 0.5) is 0 Å². The molecule has 0 radical (unpaired) electrons. The number of aromatic nitrogens is 1. The Bertz CT molecular complexity index is 343. The summed E-state index contributed by atoms with van der Waals surface area (Å²) in [4.78, 5) is 6.47. The Labute approximate surface area is 102 Å². The molecule has 0 aromatic carbocycles. The summed E-state index contributed by atoms with van der Waals surface area (Å²) in [7, 11) is 2.04. The molecule has 0 bridgehead atoms.